The molecule has 0 spiro atoms. The van der Waals surface area contributed by atoms with Gasteiger partial charge in [-0.25, -0.2) is 4.57 Å². The Bertz CT molecular complexity index is 1110. The van der Waals surface area contributed by atoms with Gasteiger partial charge in [-0.15, -0.1) is 0 Å². The van der Waals surface area contributed by atoms with Crippen LogP contribution >= 0.6 is 0 Å². The third kappa shape index (κ3) is 4.46. The van der Waals surface area contributed by atoms with E-state index in [0.29, 0.717) is 28.6 Å². The van der Waals surface area contributed by atoms with Crippen LogP contribution in [0.4, 0.5) is 0 Å². The molecule has 0 fully saturated rings. The fraction of sp³-hybridized carbons (Fsp3) is 0.360. The third-order valence-electron chi connectivity index (χ3n) is 5.57. The summed E-state index contributed by atoms with van der Waals surface area (Å²) in [5.74, 6) is -0.0712. The summed E-state index contributed by atoms with van der Waals surface area (Å²) in [5.41, 5.74) is 3.08. The quantitative estimate of drug-likeness (QED) is 0.444. The molecule has 5 nitrogen and oxygen atoms in total. The van der Waals surface area contributed by atoms with E-state index in [1.807, 2.05) is 50.2 Å². The molecular formula is C25H31N3O2. The molecule has 0 radical (unpaired) electrons. The van der Waals surface area contributed by atoms with Crippen molar-refractivity contribution >= 4 is 17.0 Å². The predicted molar refractivity (Wildman–Crippen MR) is 126 cm³/mol. The second kappa shape index (κ2) is 9.72. The molecule has 0 bridgehead atoms. The molecule has 0 aliphatic rings. The van der Waals surface area contributed by atoms with Crippen LogP contribution in [0.1, 0.15) is 37.0 Å². The molecule has 2 aromatic carbocycles. The Morgan fingerprint density at radius 3 is 2.43 bits per heavy atom. The van der Waals surface area contributed by atoms with Crippen LogP contribution in [0.3, 0.4) is 0 Å². The Morgan fingerprint density at radius 1 is 1.07 bits per heavy atom. The van der Waals surface area contributed by atoms with E-state index < -0.39 is 0 Å². The van der Waals surface area contributed by atoms with Gasteiger partial charge >= 0.3 is 0 Å². The number of hydrogen-bond donors (Lipinski definition) is 1. The van der Waals surface area contributed by atoms with Gasteiger partial charge in [0.15, 0.2) is 0 Å². The minimum atomic E-state index is -0.228. The highest BCUT2D eigenvalue weighted by atomic mass is 16.3. The van der Waals surface area contributed by atoms with Crippen LogP contribution in [0.15, 0.2) is 52.3 Å². The summed E-state index contributed by atoms with van der Waals surface area (Å²) in [6.07, 6.45) is 2.66. The van der Waals surface area contributed by atoms with Gasteiger partial charge in [0.25, 0.3) is 5.56 Å². The van der Waals surface area contributed by atoms with Gasteiger partial charge in [-0.3, -0.25) is 9.79 Å². The molecule has 0 saturated heterocycles. The number of aryl methyl sites for hydroxylation is 2. The summed E-state index contributed by atoms with van der Waals surface area (Å²) in [6.45, 7) is 12.0. The van der Waals surface area contributed by atoms with Gasteiger partial charge in [-0.05, 0) is 57.6 Å². The molecule has 0 aliphatic heterocycles. The molecule has 0 saturated carbocycles. The average Bonchev–Trinajstić information content (AvgIpc) is 2.74. The third-order valence-corrected chi connectivity index (χ3v) is 5.57. The van der Waals surface area contributed by atoms with Gasteiger partial charge in [0, 0.05) is 23.5 Å². The lowest BCUT2D eigenvalue weighted by Crippen LogP contribution is -2.24. The van der Waals surface area contributed by atoms with Gasteiger partial charge in [0.1, 0.15) is 0 Å². The molecule has 30 heavy (non-hydrogen) atoms. The Labute approximate surface area is 178 Å². The molecular weight excluding hydrogens is 374 g/mol. The molecule has 5 heteroatoms. The summed E-state index contributed by atoms with van der Waals surface area (Å²) >= 11 is 0. The van der Waals surface area contributed by atoms with Crippen LogP contribution in [0, 0.1) is 13.8 Å². The first-order valence-electron chi connectivity index (χ1n) is 10.6. The van der Waals surface area contributed by atoms with Crippen molar-refractivity contribution in [2.45, 2.75) is 34.1 Å². The van der Waals surface area contributed by atoms with Crippen molar-refractivity contribution in [3.8, 4) is 11.6 Å². The summed E-state index contributed by atoms with van der Waals surface area (Å²) < 4.78 is 1.40. The van der Waals surface area contributed by atoms with Crippen molar-refractivity contribution in [2.75, 3.05) is 26.2 Å². The number of hydrogen-bond acceptors (Lipinski definition) is 4. The normalized spacial score (nSPS) is 11.8. The molecule has 3 aromatic rings. The minimum absolute atomic E-state index is 0.0712. The first-order chi connectivity index (χ1) is 14.5. The van der Waals surface area contributed by atoms with Crippen LogP contribution in [0.2, 0.25) is 0 Å². The standard InChI is InChI=1S/C25H31N3O2/c1-5-27(6-2)15-9-14-26-17-22-20-10-7-8-11-21(20)24(29)28(25(22)30)23-13-12-18(3)16-19(23)4/h7-8,10-13,16-17,30H,5-6,9,14-15H2,1-4H3. The maximum Gasteiger partial charge on any atom is 0.265 e. The van der Waals surface area contributed by atoms with Crippen molar-refractivity contribution in [2.24, 2.45) is 4.99 Å². The second-order valence-electron chi connectivity index (χ2n) is 7.63. The highest BCUT2D eigenvalue weighted by Gasteiger charge is 2.17. The SMILES string of the molecule is CCN(CC)CCCN=Cc1c(O)n(-c2ccc(C)cc2C)c(=O)c2ccccc12. The van der Waals surface area contributed by atoms with Crippen molar-refractivity contribution in [1.29, 1.82) is 0 Å². The first kappa shape index (κ1) is 21.8. The van der Waals surface area contributed by atoms with Crippen LogP contribution in [0.5, 0.6) is 5.88 Å². The fourth-order valence-electron chi connectivity index (χ4n) is 3.85. The van der Waals surface area contributed by atoms with E-state index in [-0.39, 0.29) is 11.4 Å². The molecule has 1 aromatic heterocycles. The fourth-order valence-corrected chi connectivity index (χ4v) is 3.85. The summed E-state index contributed by atoms with van der Waals surface area (Å²) in [5, 5.41) is 12.4. The van der Waals surface area contributed by atoms with Crippen LogP contribution in [0.25, 0.3) is 16.5 Å². The van der Waals surface area contributed by atoms with Gasteiger partial charge < -0.3 is 10.0 Å². The monoisotopic (exact) mass is 405 g/mol. The lowest BCUT2D eigenvalue weighted by molar-refractivity contribution is 0.302. The van der Waals surface area contributed by atoms with E-state index in [9.17, 15) is 9.90 Å². The average molecular weight is 406 g/mol. The van der Waals surface area contributed by atoms with E-state index in [2.05, 4.69) is 23.7 Å². The molecule has 0 unspecified atom stereocenters. The summed E-state index contributed by atoms with van der Waals surface area (Å²) in [7, 11) is 0. The van der Waals surface area contributed by atoms with Gasteiger partial charge in [-0.1, -0.05) is 49.7 Å². The number of rotatable bonds is 8. The van der Waals surface area contributed by atoms with Crippen molar-refractivity contribution in [3.63, 3.8) is 0 Å². The lowest BCUT2D eigenvalue weighted by Gasteiger charge is -2.17. The summed E-state index contributed by atoms with van der Waals surface area (Å²) in [6, 6.07) is 13.2. The number of aromatic hydroxyl groups is 1. The number of fused-ring (bicyclic) bond motifs is 1. The molecule has 0 aliphatic carbocycles. The van der Waals surface area contributed by atoms with E-state index >= 15 is 0 Å². The van der Waals surface area contributed by atoms with Gasteiger partial charge in [0.2, 0.25) is 5.88 Å². The molecule has 1 N–H and O–H groups in total. The smallest absolute Gasteiger partial charge is 0.265 e. The van der Waals surface area contributed by atoms with Crippen molar-refractivity contribution in [1.82, 2.24) is 9.47 Å². The summed E-state index contributed by atoms with van der Waals surface area (Å²) in [4.78, 5) is 20.1. The number of pyridine rings is 1. The first-order valence-corrected chi connectivity index (χ1v) is 10.6. The number of aromatic nitrogens is 1. The predicted octanol–water partition coefficient (Wildman–Crippen LogP) is 4.46. The van der Waals surface area contributed by atoms with Crippen LogP contribution < -0.4 is 5.56 Å². The zero-order chi connectivity index (χ0) is 21.7. The van der Waals surface area contributed by atoms with Gasteiger partial charge in [-0.2, -0.15) is 0 Å². The Hall–Kier alpha value is -2.92. The Morgan fingerprint density at radius 2 is 1.77 bits per heavy atom. The van der Waals surface area contributed by atoms with E-state index in [4.69, 9.17) is 0 Å². The van der Waals surface area contributed by atoms with E-state index in [1.54, 1.807) is 12.3 Å². The topological polar surface area (TPSA) is 57.8 Å². The molecule has 158 valence electrons. The van der Waals surface area contributed by atoms with Crippen LogP contribution in [-0.2, 0) is 0 Å². The highest BCUT2D eigenvalue weighted by Crippen LogP contribution is 2.27. The van der Waals surface area contributed by atoms with Crippen molar-refractivity contribution in [3.05, 3.63) is 69.5 Å². The zero-order valence-electron chi connectivity index (χ0n) is 18.4. The van der Waals surface area contributed by atoms with Crippen molar-refractivity contribution < 1.29 is 5.11 Å². The number of nitrogens with zero attached hydrogens (tertiary/aromatic N) is 3. The number of benzene rings is 2. The number of aliphatic imine (C=N–C) groups is 1. The second-order valence-corrected chi connectivity index (χ2v) is 7.63. The minimum Gasteiger partial charge on any atom is -0.494 e. The molecule has 0 atom stereocenters. The Kier molecular flexibility index (Phi) is 7.06. The maximum atomic E-state index is 13.2. The van der Waals surface area contributed by atoms with Crippen LogP contribution in [-0.4, -0.2) is 47.0 Å². The van der Waals surface area contributed by atoms with E-state index in [0.717, 1.165) is 37.2 Å². The molecule has 3 rings (SSSR count). The Balaban J connectivity index is 2.04. The van der Waals surface area contributed by atoms with Gasteiger partial charge in [0.05, 0.1) is 11.3 Å². The largest absolute Gasteiger partial charge is 0.494 e. The molecule has 0 amide bonds. The lowest BCUT2D eigenvalue weighted by atomic mass is 10.1. The molecule has 1 heterocycles. The van der Waals surface area contributed by atoms with E-state index in [1.165, 1.54) is 4.57 Å². The zero-order valence-corrected chi connectivity index (χ0v) is 18.4. The maximum absolute atomic E-state index is 13.2. The highest BCUT2D eigenvalue weighted by molar-refractivity contribution is 6.01.